The molecule has 9 nitrogen and oxygen atoms in total. The number of halogens is 1. The molecule has 4 N–H and O–H groups in total. The van der Waals surface area contributed by atoms with Gasteiger partial charge in [0.1, 0.15) is 5.82 Å². The van der Waals surface area contributed by atoms with Crippen molar-refractivity contribution in [2.45, 2.75) is 63.6 Å². The molecular formula is C26H35FN6O3. The number of H-pyrrole nitrogens is 1. The largest absolute Gasteiger partial charge is 0.505 e. The van der Waals surface area contributed by atoms with E-state index in [2.05, 4.69) is 15.8 Å². The van der Waals surface area contributed by atoms with Crippen LogP contribution in [0.5, 0.6) is 5.75 Å². The van der Waals surface area contributed by atoms with Crippen LogP contribution in [0.2, 0.25) is 0 Å². The van der Waals surface area contributed by atoms with Crippen LogP contribution in [0.1, 0.15) is 66.5 Å². The Bertz CT molecular complexity index is 1130. The summed E-state index contributed by atoms with van der Waals surface area (Å²) in [5, 5.41) is 9.81. The maximum atomic E-state index is 14.2. The average Bonchev–Trinajstić information content (AvgIpc) is 3.53. The summed E-state index contributed by atoms with van der Waals surface area (Å²) in [6.45, 7) is 5.78. The first-order valence-corrected chi connectivity index (χ1v) is 13.2. The molecule has 1 aliphatic carbocycles. The highest BCUT2D eigenvalue weighted by Crippen LogP contribution is 2.44. The van der Waals surface area contributed by atoms with Gasteiger partial charge in [-0.15, -0.1) is 0 Å². The predicted molar refractivity (Wildman–Crippen MR) is 131 cm³/mol. The molecular weight excluding hydrogens is 463 g/mol. The van der Waals surface area contributed by atoms with Crippen LogP contribution < -0.4 is 10.9 Å². The van der Waals surface area contributed by atoms with E-state index in [1.807, 2.05) is 16.7 Å². The lowest BCUT2D eigenvalue weighted by molar-refractivity contribution is 0.0420. The maximum absolute atomic E-state index is 14.2. The Balaban J connectivity index is 1.13. The highest BCUT2D eigenvalue weighted by Gasteiger charge is 2.43. The number of nitrogens with one attached hydrogen (secondary N) is 3. The predicted octanol–water partition coefficient (Wildman–Crippen LogP) is 2.73. The van der Waals surface area contributed by atoms with Crippen LogP contribution in [0.3, 0.4) is 0 Å². The molecule has 3 aliphatic heterocycles. The molecule has 1 saturated carbocycles. The second-order valence-corrected chi connectivity index (χ2v) is 10.5. The van der Waals surface area contributed by atoms with E-state index >= 15 is 0 Å². The Kier molecular flexibility index (Phi) is 6.35. The van der Waals surface area contributed by atoms with Crippen molar-refractivity contribution in [3.63, 3.8) is 0 Å². The zero-order chi connectivity index (χ0) is 24.8. The third kappa shape index (κ3) is 4.25. The van der Waals surface area contributed by atoms with Crippen LogP contribution in [0.25, 0.3) is 0 Å². The van der Waals surface area contributed by atoms with Crippen molar-refractivity contribution >= 4 is 6.03 Å². The number of rotatable bonds is 3. The van der Waals surface area contributed by atoms with Crippen LogP contribution in [-0.2, 0) is 24.1 Å². The van der Waals surface area contributed by atoms with Gasteiger partial charge in [-0.25, -0.2) is 19.6 Å². The highest BCUT2D eigenvalue weighted by molar-refractivity contribution is 5.74. The summed E-state index contributed by atoms with van der Waals surface area (Å²) in [6, 6.07) is 3.53. The van der Waals surface area contributed by atoms with E-state index in [4.69, 9.17) is 9.72 Å². The Morgan fingerprint density at radius 2 is 2.03 bits per heavy atom. The van der Waals surface area contributed by atoms with Crippen molar-refractivity contribution in [1.29, 1.82) is 0 Å². The molecule has 0 bridgehead atoms. The number of aromatic hydroxyl groups is 1. The first-order chi connectivity index (χ1) is 17.5. The molecule has 1 aromatic heterocycles. The molecule has 2 amide bonds. The molecule has 4 unspecified atom stereocenters. The third-order valence-electron chi connectivity index (χ3n) is 8.48. The van der Waals surface area contributed by atoms with Crippen molar-refractivity contribution in [3.05, 3.63) is 46.3 Å². The molecule has 4 atom stereocenters. The fraction of sp³-hybridized carbons (Fsp3) is 0.615. The maximum Gasteiger partial charge on any atom is 0.320 e. The number of morpholine rings is 1. The molecule has 1 aromatic carbocycles. The monoisotopic (exact) mass is 498 g/mol. The summed E-state index contributed by atoms with van der Waals surface area (Å²) in [5.41, 5.74) is 11.1. The minimum atomic E-state index is -0.540. The lowest BCUT2D eigenvalue weighted by Gasteiger charge is -2.34. The number of phenolic OH excluding ortho intramolecular Hbond substituents is 1. The normalized spacial score (nSPS) is 28.2. The molecule has 4 aliphatic rings. The van der Waals surface area contributed by atoms with E-state index in [1.54, 1.807) is 6.07 Å². The fourth-order valence-corrected chi connectivity index (χ4v) is 6.50. The number of aromatic amines is 1. The summed E-state index contributed by atoms with van der Waals surface area (Å²) in [7, 11) is 0. The molecule has 0 radical (unpaired) electrons. The van der Waals surface area contributed by atoms with E-state index in [0.717, 1.165) is 60.4 Å². The fourth-order valence-electron chi connectivity index (χ4n) is 6.50. The van der Waals surface area contributed by atoms with E-state index in [0.29, 0.717) is 45.3 Å². The Hall–Kier alpha value is -2.69. The number of aromatic nitrogens is 2. The number of carbonyl (C=O) groups excluding carboxylic acids is 1. The number of benzene rings is 1. The number of imidazole rings is 1. The van der Waals surface area contributed by atoms with Crippen molar-refractivity contribution < 1.29 is 19.0 Å². The van der Waals surface area contributed by atoms with Gasteiger partial charge in [-0.3, -0.25) is 5.43 Å². The van der Waals surface area contributed by atoms with Crippen LogP contribution in [0, 0.1) is 11.7 Å². The van der Waals surface area contributed by atoms with Gasteiger partial charge >= 0.3 is 6.03 Å². The summed E-state index contributed by atoms with van der Waals surface area (Å²) in [5.74, 6) is 0.768. The van der Waals surface area contributed by atoms with Crippen LogP contribution in [-0.4, -0.2) is 69.8 Å². The van der Waals surface area contributed by atoms with Crippen molar-refractivity contribution in [2.75, 3.05) is 32.8 Å². The lowest BCUT2D eigenvalue weighted by atomic mass is 9.73. The van der Waals surface area contributed by atoms with Crippen LogP contribution >= 0.6 is 0 Å². The van der Waals surface area contributed by atoms with Gasteiger partial charge in [0.05, 0.1) is 37.2 Å². The quantitative estimate of drug-likeness (QED) is 0.519. The topological polar surface area (TPSA) is 106 Å². The number of hydrogen-bond acceptors (Lipinski definition) is 6. The number of hydrogen-bond donors (Lipinski definition) is 4. The number of urea groups is 1. The Labute approximate surface area is 210 Å². The molecule has 36 heavy (non-hydrogen) atoms. The zero-order valence-electron chi connectivity index (χ0n) is 20.7. The molecule has 10 heteroatoms. The number of aryl methyl sites for hydroxylation is 1. The SMILES string of the molecule is CCc1cc(O)c(F)cc1C1CCC2C(C1)NNC2c1nc2c([nH]1)CN(C(=O)N1CCOCC1)CC2. The van der Waals surface area contributed by atoms with Gasteiger partial charge in [-0.05, 0) is 60.8 Å². The van der Waals surface area contributed by atoms with Gasteiger partial charge in [0, 0.05) is 32.1 Å². The number of ether oxygens (including phenoxy) is 1. The van der Waals surface area contributed by atoms with Gasteiger partial charge in [-0.1, -0.05) is 6.92 Å². The molecule has 2 aromatic rings. The highest BCUT2D eigenvalue weighted by atomic mass is 19.1. The smallest absolute Gasteiger partial charge is 0.320 e. The average molecular weight is 499 g/mol. The minimum Gasteiger partial charge on any atom is -0.505 e. The molecule has 6 rings (SSSR count). The molecule has 0 spiro atoms. The number of phenols is 1. The number of hydrazine groups is 1. The van der Waals surface area contributed by atoms with Crippen LogP contribution in [0.4, 0.5) is 9.18 Å². The Morgan fingerprint density at radius 1 is 1.19 bits per heavy atom. The first-order valence-electron chi connectivity index (χ1n) is 13.2. The third-order valence-corrected chi connectivity index (χ3v) is 8.48. The van der Waals surface area contributed by atoms with Crippen molar-refractivity contribution in [3.8, 4) is 5.75 Å². The zero-order valence-corrected chi connectivity index (χ0v) is 20.7. The number of fused-ring (bicyclic) bond motifs is 2. The van der Waals surface area contributed by atoms with Gasteiger partial charge < -0.3 is 24.6 Å². The minimum absolute atomic E-state index is 0.0761. The second-order valence-electron chi connectivity index (χ2n) is 10.5. The van der Waals surface area contributed by atoms with E-state index in [-0.39, 0.29) is 29.8 Å². The summed E-state index contributed by atoms with van der Waals surface area (Å²) in [6.07, 6.45) is 4.41. The van der Waals surface area contributed by atoms with E-state index < -0.39 is 5.82 Å². The standard InChI is InChI=1S/C26H35FN6O3/c1-2-15-12-23(34)19(27)13-18(15)16-3-4-17-21(11-16)30-31-24(17)25-28-20-5-6-33(14-22(20)29-25)26(35)32-7-9-36-10-8-32/h12-13,16-17,21,24,30-31,34H,2-11,14H2,1H3,(H,28,29). The van der Waals surface area contributed by atoms with Gasteiger partial charge in [0.15, 0.2) is 11.6 Å². The number of nitrogens with zero attached hydrogens (tertiary/aromatic N) is 3. The van der Waals surface area contributed by atoms with E-state index in [1.165, 1.54) is 6.07 Å². The summed E-state index contributed by atoms with van der Waals surface area (Å²) >= 11 is 0. The Morgan fingerprint density at radius 3 is 2.83 bits per heavy atom. The lowest BCUT2D eigenvalue weighted by Crippen LogP contribution is -2.49. The summed E-state index contributed by atoms with van der Waals surface area (Å²) in [4.78, 5) is 25.2. The number of amides is 2. The van der Waals surface area contributed by atoms with Gasteiger partial charge in [0.2, 0.25) is 0 Å². The van der Waals surface area contributed by atoms with Gasteiger partial charge in [0.25, 0.3) is 0 Å². The summed E-state index contributed by atoms with van der Waals surface area (Å²) < 4.78 is 19.6. The molecule has 3 fully saturated rings. The van der Waals surface area contributed by atoms with Gasteiger partial charge in [-0.2, -0.15) is 0 Å². The molecule has 4 heterocycles. The number of carbonyl (C=O) groups is 1. The first kappa shape index (κ1) is 23.7. The van der Waals surface area contributed by atoms with Crippen molar-refractivity contribution in [1.82, 2.24) is 30.6 Å². The second kappa shape index (κ2) is 9.64. The van der Waals surface area contributed by atoms with Crippen LogP contribution in [0.15, 0.2) is 12.1 Å². The molecule has 194 valence electrons. The van der Waals surface area contributed by atoms with E-state index in [9.17, 15) is 14.3 Å². The van der Waals surface area contributed by atoms with Crippen molar-refractivity contribution in [2.24, 2.45) is 5.92 Å². The molecule has 2 saturated heterocycles.